The van der Waals surface area contributed by atoms with Crippen LogP contribution < -0.4 is 0 Å². The number of nitrogens with zero attached hydrogens (tertiary/aromatic N) is 2. The number of carbonyl (C=O) groups is 1. The van der Waals surface area contributed by atoms with E-state index in [-0.39, 0.29) is 24.3 Å². The summed E-state index contributed by atoms with van der Waals surface area (Å²) in [6, 6.07) is 20.7. The first-order chi connectivity index (χ1) is 16.7. The zero-order chi connectivity index (χ0) is 23.8. The largest absolute Gasteiger partial charge is 0.459 e. The molecule has 6 heteroatoms. The van der Waals surface area contributed by atoms with E-state index >= 15 is 0 Å². The number of hydrogen-bond acceptors (Lipinski definition) is 5. The molecular weight excluding hydrogens is 428 g/mol. The second kappa shape index (κ2) is 12.2. The SMILES string of the molecule is CCO[C@H]1OC(C(=O)N2CCN(Cc3ccccc3)CC2)=C[C@@H](c2ccccc2)[C@@H]1CCCO. The van der Waals surface area contributed by atoms with Gasteiger partial charge in [0.1, 0.15) is 0 Å². The van der Waals surface area contributed by atoms with Crippen LogP contribution in [-0.2, 0) is 20.8 Å². The van der Waals surface area contributed by atoms with E-state index in [2.05, 4.69) is 41.3 Å². The first-order valence-corrected chi connectivity index (χ1v) is 12.4. The highest BCUT2D eigenvalue weighted by Gasteiger charge is 2.39. The topological polar surface area (TPSA) is 62.2 Å². The number of carbonyl (C=O) groups excluding carboxylic acids is 1. The predicted molar refractivity (Wildman–Crippen MR) is 132 cm³/mol. The van der Waals surface area contributed by atoms with Gasteiger partial charge in [0.2, 0.25) is 6.29 Å². The molecule has 0 aromatic heterocycles. The van der Waals surface area contributed by atoms with Gasteiger partial charge in [0.25, 0.3) is 5.91 Å². The predicted octanol–water partition coefficient (Wildman–Crippen LogP) is 3.78. The standard InChI is InChI=1S/C28H36N2O4/c1-2-33-28-24(14-9-19-31)25(23-12-7-4-8-13-23)20-26(34-28)27(32)30-17-15-29(16-18-30)21-22-10-5-3-6-11-22/h3-8,10-13,20,24-25,28,31H,2,9,14-19,21H2,1H3/t24-,25-,28-/m0/s1. The van der Waals surface area contributed by atoms with Crippen LogP contribution in [0, 0.1) is 5.92 Å². The van der Waals surface area contributed by atoms with E-state index in [0.717, 1.165) is 31.6 Å². The molecule has 2 heterocycles. The van der Waals surface area contributed by atoms with Crippen molar-refractivity contribution in [1.29, 1.82) is 0 Å². The van der Waals surface area contributed by atoms with Gasteiger partial charge in [0, 0.05) is 57.8 Å². The van der Waals surface area contributed by atoms with Crippen molar-refractivity contribution in [2.24, 2.45) is 5.92 Å². The summed E-state index contributed by atoms with van der Waals surface area (Å²) in [5.41, 5.74) is 2.43. The summed E-state index contributed by atoms with van der Waals surface area (Å²) in [5.74, 6) is 0.347. The van der Waals surface area contributed by atoms with Gasteiger partial charge in [-0.15, -0.1) is 0 Å². The summed E-state index contributed by atoms with van der Waals surface area (Å²) >= 11 is 0. The van der Waals surface area contributed by atoms with Crippen molar-refractivity contribution in [1.82, 2.24) is 9.80 Å². The van der Waals surface area contributed by atoms with E-state index in [1.807, 2.05) is 42.2 Å². The number of amides is 1. The van der Waals surface area contributed by atoms with E-state index < -0.39 is 6.29 Å². The zero-order valence-electron chi connectivity index (χ0n) is 20.0. The van der Waals surface area contributed by atoms with Crippen LogP contribution in [0.5, 0.6) is 0 Å². The van der Waals surface area contributed by atoms with Gasteiger partial charge < -0.3 is 19.5 Å². The van der Waals surface area contributed by atoms with Gasteiger partial charge in [-0.2, -0.15) is 0 Å². The summed E-state index contributed by atoms with van der Waals surface area (Å²) in [6.45, 7) is 6.49. The molecule has 6 nitrogen and oxygen atoms in total. The lowest BCUT2D eigenvalue weighted by Crippen LogP contribution is -2.49. The molecule has 3 atom stereocenters. The van der Waals surface area contributed by atoms with Crippen molar-refractivity contribution in [2.45, 2.75) is 38.5 Å². The Morgan fingerprint density at radius 2 is 1.71 bits per heavy atom. The highest BCUT2D eigenvalue weighted by molar-refractivity contribution is 5.92. The lowest BCUT2D eigenvalue weighted by atomic mass is 9.80. The number of aliphatic hydroxyl groups excluding tert-OH is 1. The Morgan fingerprint density at radius 1 is 1.03 bits per heavy atom. The Labute approximate surface area is 202 Å². The van der Waals surface area contributed by atoms with E-state index in [1.54, 1.807) is 0 Å². The van der Waals surface area contributed by atoms with Crippen molar-refractivity contribution in [3.63, 3.8) is 0 Å². The van der Waals surface area contributed by atoms with E-state index in [1.165, 1.54) is 5.56 Å². The van der Waals surface area contributed by atoms with Crippen LogP contribution in [-0.4, -0.2) is 66.5 Å². The fourth-order valence-corrected chi connectivity index (χ4v) is 4.92. The Bertz CT molecular complexity index is 926. The average molecular weight is 465 g/mol. The fraction of sp³-hybridized carbons (Fsp3) is 0.464. The van der Waals surface area contributed by atoms with Crippen LogP contribution in [0.2, 0.25) is 0 Å². The van der Waals surface area contributed by atoms with E-state index in [0.29, 0.717) is 31.9 Å². The molecule has 0 bridgehead atoms. The number of piperazine rings is 1. The van der Waals surface area contributed by atoms with Crippen LogP contribution >= 0.6 is 0 Å². The average Bonchev–Trinajstić information content (AvgIpc) is 2.89. The fourth-order valence-electron chi connectivity index (χ4n) is 4.92. The minimum atomic E-state index is -0.509. The second-order valence-corrected chi connectivity index (χ2v) is 8.99. The number of hydrogen-bond donors (Lipinski definition) is 1. The lowest BCUT2D eigenvalue weighted by Gasteiger charge is -2.39. The molecule has 0 radical (unpaired) electrons. The van der Waals surface area contributed by atoms with Crippen molar-refractivity contribution in [3.05, 3.63) is 83.6 Å². The van der Waals surface area contributed by atoms with Crippen molar-refractivity contribution >= 4 is 5.91 Å². The molecule has 2 aromatic carbocycles. The quantitative estimate of drug-likeness (QED) is 0.612. The smallest absolute Gasteiger partial charge is 0.288 e. The minimum Gasteiger partial charge on any atom is -0.459 e. The highest BCUT2D eigenvalue weighted by Crippen LogP contribution is 2.39. The second-order valence-electron chi connectivity index (χ2n) is 8.99. The molecule has 2 aliphatic heterocycles. The molecule has 182 valence electrons. The van der Waals surface area contributed by atoms with Crippen molar-refractivity contribution in [3.8, 4) is 0 Å². The molecule has 34 heavy (non-hydrogen) atoms. The molecule has 1 N–H and O–H groups in total. The van der Waals surface area contributed by atoms with Gasteiger partial charge in [-0.05, 0) is 37.0 Å². The maximum Gasteiger partial charge on any atom is 0.288 e. The van der Waals surface area contributed by atoms with E-state index in [9.17, 15) is 9.90 Å². The molecule has 0 aliphatic carbocycles. The molecule has 2 aromatic rings. The Kier molecular flexibility index (Phi) is 8.74. The Balaban J connectivity index is 1.48. The maximum absolute atomic E-state index is 13.5. The number of benzene rings is 2. The first kappa shape index (κ1) is 24.5. The van der Waals surface area contributed by atoms with Crippen LogP contribution in [0.15, 0.2) is 72.5 Å². The first-order valence-electron chi connectivity index (χ1n) is 12.4. The Morgan fingerprint density at radius 3 is 2.35 bits per heavy atom. The number of ether oxygens (including phenoxy) is 2. The maximum atomic E-state index is 13.5. The van der Waals surface area contributed by atoms with Crippen LogP contribution in [0.1, 0.15) is 36.8 Å². The zero-order valence-corrected chi connectivity index (χ0v) is 20.0. The van der Waals surface area contributed by atoms with Gasteiger partial charge >= 0.3 is 0 Å². The highest BCUT2D eigenvalue weighted by atomic mass is 16.7. The molecule has 1 fully saturated rings. The van der Waals surface area contributed by atoms with Gasteiger partial charge in [-0.1, -0.05) is 60.7 Å². The molecular formula is C28H36N2O4. The van der Waals surface area contributed by atoms with Gasteiger partial charge in [-0.3, -0.25) is 9.69 Å². The van der Waals surface area contributed by atoms with Crippen molar-refractivity contribution in [2.75, 3.05) is 39.4 Å². The monoisotopic (exact) mass is 464 g/mol. The minimum absolute atomic E-state index is 0.00336. The number of allylic oxidation sites excluding steroid dienone is 1. The Hall–Kier alpha value is -2.67. The molecule has 1 amide bonds. The third-order valence-corrected chi connectivity index (χ3v) is 6.72. The molecule has 2 aliphatic rings. The summed E-state index contributed by atoms with van der Waals surface area (Å²) < 4.78 is 12.1. The normalized spacial score (nSPS) is 23.3. The van der Waals surface area contributed by atoms with Crippen LogP contribution in [0.25, 0.3) is 0 Å². The van der Waals surface area contributed by atoms with Crippen molar-refractivity contribution < 1.29 is 19.4 Å². The number of aliphatic hydroxyl groups is 1. The van der Waals surface area contributed by atoms with Crippen LogP contribution in [0.3, 0.4) is 0 Å². The molecule has 0 spiro atoms. The molecule has 4 rings (SSSR count). The van der Waals surface area contributed by atoms with Gasteiger partial charge in [0.15, 0.2) is 5.76 Å². The summed E-state index contributed by atoms with van der Waals surface area (Å²) in [7, 11) is 0. The third kappa shape index (κ3) is 6.06. The number of rotatable bonds is 9. The van der Waals surface area contributed by atoms with Gasteiger partial charge in [0.05, 0.1) is 0 Å². The lowest BCUT2D eigenvalue weighted by molar-refractivity contribution is -0.171. The third-order valence-electron chi connectivity index (χ3n) is 6.72. The molecule has 0 saturated carbocycles. The molecule has 0 unspecified atom stereocenters. The van der Waals surface area contributed by atoms with E-state index in [4.69, 9.17) is 9.47 Å². The van der Waals surface area contributed by atoms with Crippen LogP contribution in [0.4, 0.5) is 0 Å². The summed E-state index contributed by atoms with van der Waals surface area (Å²) in [6.07, 6.45) is 2.90. The summed E-state index contributed by atoms with van der Waals surface area (Å²) in [4.78, 5) is 17.8. The molecule has 1 saturated heterocycles. The summed E-state index contributed by atoms with van der Waals surface area (Å²) in [5, 5.41) is 9.43. The van der Waals surface area contributed by atoms with Gasteiger partial charge in [-0.25, -0.2) is 0 Å².